The number of hydrogen-bond donors (Lipinski definition) is 0. The van der Waals surface area contributed by atoms with Crippen LogP contribution in [0.2, 0.25) is 0 Å². The average molecular weight is 428 g/mol. The summed E-state index contributed by atoms with van der Waals surface area (Å²) in [4.78, 5) is 0. The van der Waals surface area contributed by atoms with E-state index in [1.807, 2.05) is 18.2 Å². The fourth-order valence-electron chi connectivity index (χ4n) is 0.982. The maximum absolute atomic E-state index is 6.93. The Kier molecular flexibility index (Phi) is 12.8. The topological polar surface area (TPSA) is 37.9 Å². The van der Waals surface area contributed by atoms with Gasteiger partial charge in [0.15, 0.2) is 0 Å². The van der Waals surface area contributed by atoms with Crippen LogP contribution in [0.15, 0.2) is 30.3 Å². The number of nitrogens with zero attached hydrogens (tertiary/aromatic N) is 1. The SMILES string of the molecule is [Cl][Pt+2][Cl].[NH-]CCC[N-]Cc1ccccc1. The van der Waals surface area contributed by atoms with Gasteiger partial charge in [-0.15, -0.1) is 6.54 Å². The molecule has 0 heterocycles. The number of rotatable bonds is 5. The van der Waals surface area contributed by atoms with Gasteiger partial charge in [0.1, 0.15) is 0 Å². The molecule has 0 atom stereocenters. The third kappa shape index (κ3) is 10.7. The summed E-state index contributed by atoms with van der Waals surface area (Å²) in [7, 11) is 9.75. The molecule has 88 valence electrons. The molecule has 1 aromatic rings. The zero-order valence-electron chi connectivity index (χ0n) is 8.23. The van der Waals surface area contributed by atoms with Crippen molar-refractivity contribution in [1.29, 1.82) is 0 Å². The van der Waals surface area contributed by atoms with Crippen molar-refractivity contribution in [3.8, 4) is 0 Å². The molecule has 0 bridgehead atoms. The molecule has 1 rings (SSSR count). The maximum Gasteiger partial charge on any atom is -0.0608 e. The molecule has 5 heteroatoms. The van der Waals surface area contributed by atoms with Gasteiger partial charge in [-0.3, -0.25) is 0 Å². The van der Waals surface area contributed by atoms with Crippen LogP contribution in [0.4, 0.5) is 0 Å². The molecule has 0 aliphatic heterocycles. The van der Waals surface area contributed by atoms with Crippen LogP contribution >= 0.6 is 18.8 Å². The Balaban J connectivity index is 0.000000583. The van der Waals surface area contributed by atoms with Gasteiger partial charge in [0, 0.05) is 0 Å². The molecule has 0 fully saturated rings. The van der Waals surface area contributed by atoms with Crippen LogP contribution in [-0.2, 0) is 23.0 Å². The molecule has 0 amide bonds. The first-order valence-corrected chi connectivity index (χ1v) is 10.1. The Hall–Kier alpha value is 0.408. The van der Waals surface area contributed by atoms with Gasteiger partial charge in [-0.25, -0.2) is 0 Å². The van der Waals surface area contributed by atoms with Crippen LogP contribution in [0.1, 0.15) is 12.0 Å². The predicted molar refractivity (Wildman–Crippen MR) is 63.9 cm³/mol. The summed E-state index contributed by atoms with van der Waals surface area (Å²) in [6.07, 6.45) is 0.882. The van der Waals surface area contributed by atoms with Crippen LogP contribution in [0.25, 0.3) is 11.1 Å². The molecule has 0 spiro atoms. The molecular weight excluding hydrogens is 414 g/mol. The van der Waals surface area contributed by atoms with Crippen molar-refractivity contribution in [1.82, 2.24) is 0 Å². The third-order valence-corrected chi connectivity index (χ3v) is 1.63. The van der Waals surface area contributed by atoms with E-state index < -0.39 is 16.5 Å². The fraction of sp³-hybridized carbons (Fsp3) is 0.400. The van der Waals surface area contributed by atoms with Crippen LogP contribution in [0, 0.1) is 0 Å². The molecule has 0 unspecified atom stereocenters. The van der Waals surface area contributed by atoms with E-state index in [4.69, 9.17) is 24.6 Å². The summed E-state index contributed by atoms with van der Waals surface area (Å²) in [5, 5.41) is 4.31. The van der Waals surface area contributed by atoms with Gasteiger partial charge in [0.2, 0.25) is 0 Å². The third-order valence-electron chi connectivity index (χ3n) is 1.63. The second-order valence-electron chi connectivity index (χ2n) is 2.74. The van der Waals surface area contributed by atoms with E-state index in [-0.39, 0.29) is 0 Å². The van der Waals surface area contributed by atoms with Gasteiger partial charge >= 0.3 is 35.3 Å². The minimum absolute atomic E-state index is 0.472. The Labute approximate surface area is 108 Å². The molecular formula is C10H14Cl2N2Pt. The first kappa shape index (κ1) is 15.4. The van der Waals surface area contributed by atoms with E-state index in [1.165, 1.54) is 5.56 Å². The van der Waals surface area contributed by atoms with Crippen molar-refractivity contribution in [3.05, 3.63) is 46.9 Å². The molecule has 0 aliphatic rings. The molecule has 0 saturated heterocycles. The van der Waals surface area contributed by atoms with E-state index in [2.05, 4.69) is 17.4 Å². The quantitative estimate of drug-likeness (QED) is 0.625. The summed E-state index contributed by atoms with van der Waals surface area (Å²) in [6, 6.07) is 10.2. The Bertz CT molecular complexity index is 222. The Morgan fingerprint density at radius 1 is 1.20 bits per heavy atom. The van der Waals surface area contributed by atoms with Crippen LogP contribution in [0.5, 0.6) is 0 Å². The van der Waals surface area contributed by atoms with Crippen molar-refractivity contribution in [2.45, 2.75) is 13.0 Å². The zero-order chi connectivity index (χ0) is 11.4. The van der Waals surface area contributed by atoms with E-state index in [0.29, 0.717) is 6.54 Å². The Morgan fingerprint density at radius 2 is 1.80 bits per heavy atom. The van der Waals surface area contributed by atoms with Crippen molar-refractivity contribution in [3.63, 3.8) is 0 Å². The average Bonchev–Trinajstić information content (AvgIpc) is 2.27. The van der Waals surface area contributed by atoms with Crippen LogP contribution in [0.3, 0.4) is 0 Å². The molecule has 1 N–H and O–H groups in total. The number of hydrogen-bond acceptors (Lipinski definition) is 0. The van der Waals surface area contributed by atoms with Gasteiger partial charge in [-0.2, -0.15) is 13.1 Å². The van der Waals surface area contributed by atoms with Gasteiger partial charge in [-0.1, -0.05) is 42.3 Å². The summed E-state index contributed by atoms with van der Waals surface area (Å²) in [5.74, 6) is 0. The van der Waals surface area contributed by atoms with E-state index in [0.717, 1.165) is 19.5 Å². The number of nitrogens with one attached hydrogen (secondary N) is 1. The molecule has 15 heavy (non-hydrogen) atoms. The van der Waals surface area contributed by atoms with Gasteiger partial charge in [0.05, 0.1) is 0 Å². The fourth-order valence-corrected chi connectivity index (χ4v) is 0.982. The van der Waals surface area contributed by atoms with Crippen molar-refractivity contribution < 1.29 is 16.5 Å². The Morgan fingerprint density at radius 3 is 2.33 bits per heavy atom. The van der Waals surface area contributed by atoms with Crippen molar-refractivity contribution >= 4 is 18.8 Å². The van der Waals surface area contributed by atoms with Gasteiger partial charge < -0.3 is 11.1 Å². The minimum atomic E-state index is -0.472. The summed E-state index contributed by atoms with van der Waals surface area (Å²) in [6.45, 7) is 2.09. The standard InChI is InChI=1S/C10H14N2.2ClH.Pt/c11-7-4-8-12-9-10-5-2-1-3-6-10;;;/h1-3,5-6,11H,4,7-9H2;2*1H;/q-2;;;+4/p-2. The molecule has 0 saturated carbocycles. The van der Waals surface area contributed by atoms with E-state index >= 15 is 0 Å². The summed E-state index contributed by atoms with van der Waals surface area (Å²) in [5.41, 5.74) is 8.18. The smallest absolute Gasteiger partial charge is 0.0608 e. The zero-order valence-corrected chi connectivity index (χ0v) is 12.0. The summed E-state index contributed by atoms with van der Waals surface area (Å²) < 4.78 is 0. The molecule has 0 aliphatic carbocycles. The normalized spacial score (nSPS) is 9.53. The van der Waals surface area contributed by atoms with Gasteiger partial charge in [-0.05, 0) is 0 Å². The van der Waals surface area contributed by atoms with Crippen LogP contribution < -0.4 is 0 Å². The maximum atomic E-state index is 6.93. The van der Waals surface area contributed by atoms with Crippen molar-refractivity contribution in [2.24, 2.45) is 0 Å². The molecule has 0 aromatic heterocycles. The van der Waals surface area contributed by atoms with Crippen molar-refractivity contribution in [2.75, 3.05) is 13.1 Å². The second kappa shape index (κ2) is 12.5. The van der Waals surface area contributed by atoms with Crippen LogP contribution in [-0.4, -0.2) is 13.1 Å². The molecule has 1 aromatic carbocycles. The first-order chi connectivity index (χ1) is 7.35. The number of halogens is 2. The molecule has 2 nitrogen and oxygen atoms in total. The summed E-state index contributed by atoms with van der Waals surface area (Å²) >= 11 is -0.472. The van der Waals surface area contributed by atoms with E-state index in [9.17, 15) is 0 Å². The molecule has 0 radical (unpaired) electrons. The van der Waals surface area contributed by atoms with Gasteiger partial charge in [0.25, 0.3) is 0 Å². The van der Waals surface area contributed by atoms with E-state index in [1.54, 1.807) is 0 Å². The minimum Gasteiger partial charge on any atom is -0.677 e. The number of benzene rings is 1. The largest absolute Gasteiger partial charge is 0.677 e. The monoisotopic (exact) mass is 427 g/mol. The predicted octanol–water partition coefficient (Wildman–Crippen LogP) is 4.38. The first-order valence-electron chi connectivity index (χ1n) is 4.49. The second-order valence-corrected chi connectivity index (χ2v) is 6.02.